The number of nitrogens with zero attached hydrogens (tertiary/aromatic N) is 1. The molecule has 0 amide bonds. The van der Waals surface area contributed by atoms with Crippen molar-refractivity contribution < 1.29 is 14.9 Å². The second-order valence-corrected chi connectivity index (χ2v) is 7.49. The number of hydrogen-bond donors (Lipinski definition) is 2. The van der Waals surface area contributed by atoms with Crippen molar-refractivity contribution in [3.63, 3.8) is 0 Å². The molecule has 0 spiro atoms. The molecule has 1 aliphatic heterocycles. The predicted molar refractivity (Wildman–Crippen MR) is 107 cm³/mol. The third kappa shape index (κ3) is 3.93. The van der Waals surface area contributed by atoms with Crippen LogP contribution in [0.4, 0.5) is 0 Å². The van der Waals surface area contributed by atoms with Gasteiger partial charge in [-0.2, -0.15) is 0 Å². The van der Waals surface area contributed by atoms with Gasteiger partial charge in [0.25, 0.3) is 0 Å². The number of aryl methyl sites for hydroxylation is 1. The second kappa shape index (κ2) is 7.85. The van der Waals surface area contributed by atoms with Crippen LogP contribution in [0, 0.1) is 0 Å². The highest BCUT2D eigenvalue weighted by atomic mass is 16.5. The van der Waals surface area contributed by atoms with Crippen LogP contribution in [0.5, 0.6) is 0 Å². The predicted octanol–water partition coefficient (Wildman–Crippen LogP) is 3.83. The van der Waals surface area contributed by atoms with E-state index in [1.54, 1.807) is 0 Å². The van der Waals surface area contributed by atoms with Crippen LogP contribution in [-0.2, 0) is 17.7 Å². The van der Waals surface area contributed by atoms with E-state index in [4.69, 9.17) is 4.74 Å². The van der Waals surface area contributed by atoms with Crippen LogP contribution in [-0.4, -0.2) is 33.6 Å². The first-order valence-corrected chi connectivity index (χ1v) is 9.77. The topological polar surface area (TPSA) is 54.6 Å². The Morgan fingerprint density at radius 3 is 2.56 bits per heavy atom. The minimum Gasteiger partial charge on any atom is -0.394 e. The van der Waals surface area contributed by atoms with Crippen molar-refractivity contribution in [2.45, 2.75) is 51.0 Å². The summed E-state index contributed by atoms with van der Waals surface area (Å²) in [6.07, 6.45) is 3.34. The molecule has 3 unspecified atom stereocenters. The maximum absolute atomic E-state index is 10.1. The molecule has 1 fully saturated rings. The summed E-state index contributed by atoms with van der Waals surface area (Å²) < 4.78 is 8.23. The van der Waals surface area contributed by atoms with Gasteiger partial charge in [0.1, 0.15) is 0 Å². The lowest BCUT2D eigenvalue weighted by atomic mass is 9.96. The molecule has 2 aromatic carbocycles. The van der Waals surface area contributed by atoms with Crippen molar-refractivity contribution in [2.75, 3.05) is 6.61 Å². The van der Waals surface area contributed by atoms with Crippen LogP contribution in [0.25, 0.3) is 10.9 Å². The normalized spacial score (nSPS) is 23.0. The average molecular weight is 365 g/mol. The summed E-state index contributed by atoms with van der Waals surface area (Å²) in [5.74, 6) is 0. The Bertz CT molecular complexity index is 900. The van der Waals surface area contributed by atoms with Gasteiger partial charge in [-0.25, -0.2) is 0 Å². The molecule has 4 nitrogen and oxygen atoms in total. The fraction of sp³-hybridized carbons (Fsp3) is 0.391. The number of rotatable bonds is 5. The summed E-state index contributed by atoms with van der Waals surface area (Å²) in [4.78, 5) is 0. The number of fused-ring (bicyclic) bond motifs is 1. The van der Waals surface area contributed by atoms with E-state index in [-0.39, 0.29) is 18.8 Å². The van der Waals surface area contributed by atoms with Gasteiger partial charge in [0.15, 0.2) is 0 Å². The molecule has 142 valence electrons. The number of aliphatic hydroxyl groups is 2. The standard InChI is InChI=1S/C23H27NO3/c1-2-16-3-5-17(6-4-16)14-24-10-9-18-7-8-19(11-22(18)24)23-13-20(26)12-21(15-25)27-23/h3-11,20-21,23,25-26H,2,12-15H2,1H3. The highest BCUT2D eigenvalue weighted by Gasteiger charge is 2.29. The Morgan fingerprint density at radius 2 is 1.81 bits per heavy atom. The minimum absolute atomic E-state index is 0.0556. The molecule has 0 radical (unpaired) electrons. The van der Waals surface area contributed by atoms with E-state index in [9.17, 15) is 10.2 Å². The van der Waals surface area contributed by atoms with Crippen LogP contribution >= 0.6 is 0 Å². The molecule has 0 bridgehead atoms. The smallest absolute Gasteiger partial charge is 0.0855 e. The highest BCUT2D eigenvalue weighted by molar-refractivity contribution is 5.81. The molecule has 0 aliphatic carbocycles. The Morgan fingerprint density at radius 1 is 1.04 bits per heavy atom. The van der Waals surface area contributed by atoms with Gasteiger partial charge < -0.3 is 19.5 Å². The molecule has 2 heterocycles. The first kappa shape index (κ1) is 18.2. The molecular weight excluding hydrogens is 338 g/mol. The lowest BCUT2D eigenvalue weighted by Gasteiger charge is -2.32. The Hall–Kier alpha value is -2.14. The molecule has 27 heavy (non-hydrogen) atoms. The van der Waals surface area contributed by atoms with E-state index in [0.29, 0.717) is 12.8 Å². The van der Waals surface area contributed by atoms with Crippen LogP contribution in [0.2, 0.25) is 0 Å². The van der Waals surface area contributed by atoms with Crippen LogP contribution in [0.1, 0.15) is 42.6 Å². The van der Waals surface area contributed by atoms with E-state index >= 15 is 0 Å². The van der Waals surface area contributed by atoms with E-state index in [0.717, 1.165) is 24.0 Å². The number of benzene rings is 2. The summed E-state index contributed by atoms with van der Waals surface area (Å²) in [6.45, 7) is 2.94. The maximum Gasteiger partial charge on any atom is 0.0855 e. The van der Waals surface area contributed by atoms with Crippen LogP contribution in [0.3, 0.4) is 0 Å². The summed E-state index contributed by atoms with van der Waals surface area (Å²) in [7, 11) is 0. The molecular formula is C23H27NO3. The van der Waals surface area contributed by atoms with Crippen molar-refractivity contribution >= 4 is 10.9 Å². The van der Waals surface area contributed by atoms with Gasteiger partial charge in [0.05, 0.1) is 24.9 Å². The largest absolute Gasteiger partial charge is 0.394 e. The van der Waals surface area contributed by atoms with Gasteiger partial charge in [0, 0.05) is 31.1 Å². The Balaban J connectivity index is 1.60. The van der Waals surface area contributed by atoms with Crippen molar-refractivity contribution in [1.82, 2.24) is 4.57 Å². The van der Waals surface area contributed by atoms with E-state index < -0.39 is 6.10 Å². The minimum atomic E-state index is -0.430. The summed E-state index contributed by atoms with van der Waals surface area (Å²) in [5, 5.41) is 20.7. The van der Waals surface area contributed by atoms with Crippen molar-refractivity contribution in [3.8, 4) is 0 Å². The van der Waals surface area contributed by atoms with Crippen LogP contribution < -0.4 is 0 Å². The lowest BCUT2D eigenvalue weighted by molar-refractivity contribution is -0.113. The summed E-state index contributed by atoms with van der Waals surface area (Å²) >= 11 is 0. The van der Waals surface area contributed by atoms with E-state index in [2.05, 4.69) is 66.2 Å². The van der Waals surface area contributed by atoms with Crippen LogP contribution in [0.15, 0.2) is 54.7 Å². The molecule has 1 saturated heterocycles. The zero-order valence-electron chi connectivity index (χ0n) is 15.7. The quantitative estimate of drug-likeness (QED) is 0.723. The third-order valence-corrected chi connectivity index (χ3v) is 5.54. The maximum atomic E-state index is 10.1. The zero-order valence-corrected chi connectivity index (χ0v) is 15.7. The summed E-state index contributed by atoms with van der Waals surface area (Å²) in [6, 6.07) is 17.2. The van der Waals surface area contributed by atoms with Gasteiger partial charge in [0.2, 0.25) is 0 Å². The SMILES string of the molecule is CCc1ccc(Cn2ccc3ccc(C4CC(O)CC(CO)O4)cc32)cc1. The number of aliphatic hydroxyl groups excluding tert-OH is 2. The zero-order chi connectivity index (χ0) is 18.8. The fourth-order valence-corrected chi connectivity index (χ4v) is 3.94. The molecule has 1 aromatic heterocycles. The van der Waals surface area contributed by atoms with Gasteiger partial charge in [-0.05, 0) is 40.6 Å². The average Bonchev–Trinajstić information content (AvgIpc) is 3.10. The van der Waals surface area contributed by atoms with Crippen molar-refractivity contribution in [2.24, 2.45) is 0 Å². The van der Waals surface area contributed by atoms with E-state index in [1.165, 1.54) is 16.5 Å². The monoisotopic (exact) mass is 365 g/mol. The number of ether oxygens (including phenoxy) is 1. The molecule has 3 aromatic rings. The highest BCUT2D eigenvalue weighted by Crippen LogP contribution is 2.33. The first-order chi connectivity index (χ1) is 13.2. The molecule has 3 atom stereocenters. The number of hydrogen-bond acceptors (Lipinski definition) is 3. The molecule has 0 saturated carbocycles. The van der Waals surface area contributed by atoms with Gasteiger partial charge in [-0.1, -0.05) is 43.3 Å². The Labute approximate surface area is 160 Å². The second-order valence-electron chi connectivity index (χ2n) is 7.49. The lowest BCUT2D eigenvalue weighted by Crippen LogP contribution is -2.33. The van der Waals surface area contributed by atoms with Gasteiger partial charge >= 0.3 is 0 Å². The summed E-state index contributed by atoms with van der Waals surface area (Å²) in [5.41, 5.74) is 4.85. The van der Waals surface area contributed by atoms with Gasteiger partial charge in [-0.3, -0.25) is 0 Å². The third-order valence-electron chi connectivity index (χ3n) is 5.54. The molecule has 1 aliphatic rings. The first-order valence-electron chi connectivity index (χ1n) is 9.77. The molecule has 4 heteroatoms. The van der Waals surface area contributed by atoms with Gasteiger partial charge in [-0.15, -0.1) is 0 Å². The molecule has 2 N–H and O–H groups in total. The van der Waals surface area contributed by atoms with Crippen molar-refractivity contribution in [1.29, 1.82) is 0 Å². The molecule has 4 rings (SSSR count). The number of aromatic nitrogens is 1. The fourth-order valence-electron chi connectivity index (χ4n) is 3.94. The van der Waals surface area contributed by atoms with Crippen molar-refractivity contribution in [3.05, 3.63) is 71.4 Å². The Kier molecular flexibility index (Phi) is 5.30. The van der Waals surface area contributed by atoms with E-state index in [1.807, 2.05) is 0 Å².